The number of nitrogens with zero attached hydrogens (tertiary/aromatic N) is 1. The van der Waals surface area contributed by atoms with Crippen LogP contribution in [0.2, 0.25) is 10.0 Å². The summed E-state index contributed by atoms with van der Waals surface area (Å²) in [6, 6.07) is 9.71. The van der Waals surface area contributed by atoms with Gasteiger partial charge in [-0.25, -0.2) is 13.1 Å². The molecule has 1 aliphatic rings. The average Bonchev–Trinajstić information content (AvgIpc) is 2.66. The minimum atomic E-state index is -3.59. The standard InChI is InChI=1S/C21H25Cl2N3O3S/c1-14-11-15(2)21(19(23)12-14)24-20(27)13-26-9-7-17(8-10-26)25-30(28,29)18-5-3-16(22)4-6-18/h3-6,11-12,17,25H,7-10,13H2,1-2H3,(H,24,27). The molecule has 30 heavy (non-hydrogen) atoms. The Morgan fingerprint density at radius 1 is 1.10 bits per heavy atom. The third-order valence-electron chi connectivity index (χ3n) is 5.10. The number of likely N-dealkylation sites (tertiary alicyclic amines) is 1. The molecule has 2 aromatic carbocycles. The lowest BCUT2D eigenvalue weighted by Crippen LogP contribution is -2.46. The molecule has 0 aromatic heterocycles. The van der Waals surface area contributed by atoms with Gasteiger partial charge in [-0.15, -0.1) is 0 Å². The molecule has 0 bridgehead atoms. The van der Waals surface area contributed by atoms with Gasteiger partial charge in [0.05, 0.1) is 22.2 Å². The number of hydrogen-bond acceptors (Lipinski definition) is 4. The van der Waals surface area contributed by atoms with Crippen molar-refractivity contribution in [1.29, 1.82) is 0 Å². The van der Waals surface area contributed by atoms with E-state index in [1.165, 1.54) is 12.1 Å². The van der Waals surface area contributed by atoms with Crippen molar-refractivity contribution in [3.05, 3.63) is 57.6 Å². The van der Waals surface area contributed by atoms with E-state index in [-0.39, 0.29) is 23.4 Å². The molecule has 0 spiro atoms. The quantitative estimate of drug-likeness (QED) is 0.669. The monoisotopic (exact) mass is 469 g/mol. The Morgan fingerprint density at radius 2 is 1.73 bits per heavy atom. The second kappa shape index (κ2) is 9.66. The molecular weight excluding hydrogens is 445 g/mol. The average molecular weight is 470 g/mol. The lowest BCUT2D eigenvalue weighted by molar-refractivity contribution is -0.117. The van der Waals surface area contributed by atoms with Gasteiger partial charge < -0.3 is 5.32 Å². The van der Waals surface area contributed by atoms with Gasteiger partial charge in [-0.1, -0.05) is 29.3 Å². The summed E-state index contributed by atoms with van der Waals surface area (Å²) in [6.07, 6.45) is 1.26. The van der Waals surface area contributed by atoms with Crippen LogP contribution in [-0.4, -0.2) is 44.9 Å². The van der Waals surface area contributed by atoms with Gasteiger partial charge in [0.25, 0.3) is 0 Å². The number of carbonyl (C=O) groups excluding carboxylic acids is 1. The first kappa shape index (κ1) is 23.0. The molecule has 162 valence electrons. The van der Waals surface area contributed by atoms with Gasteiger partial charge in [-0.3, -0.25) is 9.69 Å². The molecule has 0 radical (unpaired) electrons. The highest BCUT2D eigenvalue weighted by molar-refractivity contribution is 7.89. The van der Waals surface area contributed by atoms with Gasteiger partial charge in [0.1, 0.15) is 0 Å². The van der Waals surface area contributed by atoms with E-state index in [1.807, 2.05) is 30.9 Å². The second-order valence-electron chi connectivity index (χ2n) is 7.61. The fraction of sp³-hybridized carbons (Fsp3) is 0.381. The minimum absolute atomic E-state index is 0.135. The maximum Gasteiger partial charge on any atom is 0.240 e. The minimum Gasteiger partial charge on any atom is -0.323 e. The number of nitrogens with one attached hydrogen (secondary N) is 2. The summed E-state index contributed by atoms with van der Waals surface area (Å²) in [5, 5.41) is 3.91. The number of anilines is 1. The van der Waals surface area contributed by atoms with Crippen molar-refractivity contribution in [2.45, 2.75) is 37.6 Å². The number of amides is 1. The smallest absolute Gasteiger partial charge is 0.240 e. The summed E-state index contributed by atoms with van der Waals surface area (Å²) in [5.74, 6) is -0.135. The molecule has 1 amide bonds. The molecule has 0 unspecified atom stereocenters. The van der Waals surface area contributed by atoms with Crippen LogP contribution in [0.4, 0.5) is 5.69 Å². The van der Waals surface area contributed by atoms with E-state index in [9.17, 15) is 13.2 Å². The Bertz CT molecular complexity index is 995. The van der Waals surface area contributed by atoms with E-state index in [1.54, 1.807) is 12.1 Å². The van der Waals surface area contributed by atoms with Crippen LogP contribution in [0, 0.1) is 13.8 Å². The van der Waals surface area contributed by atoms with E-state index in [0.29, 0.717) is 41.7 Å². The van der Waals surface area contributed by atoms with Crippen molar-refractivity contribution in [3.8, 4) is 0 Å². The second-order valence-corrected chi connectivity index (χ2v) is 10.2. The molecular formula is C21H25Cl2N3O3S. The fourth-order valence-corrected chi connectivity index (χ4v) is 5.37. The molecule has 1 heterocycles. The molecule has 0 atom stereocenters. The molecule has 1 fully saturated rings. The lowest BCUT2D eigenvalue weighted by Gasteiger charge is -2.31. The number of sulfonamides is 1. The summed E-state index contributed by atoms with van der Waals surface area (Å²) in [4.78, 5) is 14.7. The van der Waals surface area contributed by atoms with Gasteiger partial charge in [0.15, 0.2) is 0 Å². The number of piperidine rings is 1. The highest BCUT2D eigenvalue weighted by atomic mass is 35.5. The van der Waals surface area contributed by atoms with Gasteiger partial charge in [0.2, 0.25) is 15.9 Å². The molecule has 2 N–H and O–H groups in total. The number of carbonyl (C=O) groups is 1. The largest absolute Gasteiger partial charge is 0.323 e. The summed E-state index contributed by atoms with van der Waals surface area (Å²) >= 11 is 12.1. The molecule has 6 nitrogen and oxygen atoms in total. The van der Waals surface area contributed by atoms with E-state index in [4.69, 9.17) is 23.2 Å². The van der Waals surface area contributed by atoms with E-state index in [2.05, 4.69) is 10.0 Å². The third-order valence-corrected chi connectivity index (χ3v) is 7.18. The zero-order valence-corrected chi connectivity index (χ0v) is 19.2. The van der Waals surface area contributed by atoms with Crippen molar-refractivity contribution >= 4 is 44.8 Å². The first-order valence-electron chi connectivity index (χ1n) is 9.71. The Labute approximate surface area is 187 Å². The maximum absolute atomic E-state index is 12.5. The van der Waals surface area contributed by atoms with E-state index >= 15 is 0 Å². The Balaban J connectivity index is 1.51. The van der Waals surface area contributed by atoms with Crippen molar-refractivity contribution in [2.24, 2.45) is 0 Å². The summed E-state index contributed by atoms with van der Waals surface area (Å²) in [7, 11) is -3.59. The van der Waals surface area contributed by atoms with Crippen LogP contribution < -0.4 is 10.0 Å². The SMILES string of the molecule is Cc1cc(C)c(NC(=O)CN2CCC(NS(=O)(=O)c3ccc(Cl)cc3)CC2)c(Cl)c1. The van der Waals surface area contributed by atoms with Crippen LogP contribution in [0.5, 0.6) is 0 Å². The Morgan fingerprint density at radius 3 is 2.33 bits per heavy atom. The van der Waals surface area contributed by atoms with Crippen LogP contribution in [0.3, 0.4) is 0 Å². The van der Waals surface area contributed by atoms with Crippen LogP contribution in [0.25, 0.3) is 0 Å². The number of halogens is 2. The Kier molecular flexibility index (Phi) is 7.42. The lowest BCUT2D eigenvalue weighted by atomic mass is 10.1. The van der Waals surface area contributed by atoms with Gasteiger partial charge in [-0.05, 0) is 68.1 Å². The van der Waals surface area contributed by atoms with Gasteiger partial charge in [0, 0.05) is 24.2 Å². The summed E-state index contributed by atoms with van der Waals surface area (Å²) in [6.45, 7) is 5.35. The maximum atomic E-state index is 12.5. The number of aryl methyl sites for hydroxylation is 2. The molecule has 2 aromatic rings. The predicted molar refractivity (Wildman–Crippen MR) is 121 cm³/mol. The number of rotatable bonds is 6. The summed E-state index contributed by atoms with van der Waals surface area (Å²) < 4.78 is 27.8. The predicted octanol–water partition coefficient (Wildman–Crippen LogP) is 3.99. The molecule has 9 heteroatoms. The van der Waals surface area contributed by atoms with Crippen molar-refractivity contribution in [3.63, 3.8) is 0 Å². The number of benzene rings is 2. The van der Waals surface area contributed by atoms with Crippen molar-refractivity contribution in [1.82, 2.24) is 9.62 Å². The van der Waals surface area contributed by atoms with Crippen LogP contribution in [0.15, 0.2) is 41.3 Å². The topological polar surface area (TPSA) is 78.5 Å². The van der Waals surface area contributed by atoms with Gasteiger partial charge >= 0.3 is 0 Å². The van der Waals surface area contributed by atoms with Crippen LogP contribution >= 0.6 is 23.2 Å². The van der Waals surface area contributed by atoms with Crippen LogP contribution in [-0.2, 0) is 14.8 Å². The zero-order valence-electron chi connectivity index (χ0n) is 16.9. The summed E-state index contributed by atoms with van der Waals surface area (Å²) in [5.41, 5.74) is 2.60. The Hall–Kier alpha value is -1.64. The van der Waals surface area contributed by atoms with Gasteiger partial charge in [-0.2, -0.15) is 0 Å². The van der Waals surface area contributed by atoms with Crippen molar-refractivity contribution < 1.29 is 13.2 Å². The van der Waals surface area contributed by atoms with Crippen LogP contribution in [0.1, 0.15) is 24.0 Å². The van der Waals surface area contributed by atoms with E-state index in [0.717, 1.165) is 11.1 Å². The molecule has 0 saturated carbocycles. The molecule has 1 saturated heterocycles. The highest BCUT2D eigenvalue weighted by Crippen LogP contribution is 2.27. The zero-order chi connectivity index (χ0) is 21.9. The molecule has 0 aliphatic carbocycles. The number of hydrogen-bond donors (Lipinski definition) is 2. The first-order valence-corrected chi connectivity index (χ1v) is 11.9. The molecule has 3 rings (SSSR count). The highest BCUT2D eigenvalue weighted by Gasteiger charge is 2.25. The van der Waals surface area contributed by atoms with Crippen molar-refractivity contribution in [2.75, 3.05) is 25.0 Å². The third kappa shape index (κ3) is 5.95. The fourth-order valence-electron chi connectivity index (χ4n) is 3.57. The first-order chi connectivity index (χ1) is 14.1. The molecule has 1 aliphatic heterocycles. The van der Waals surface area contributed by atoms with E-state index < -0.39 is 10.0 Å². The normalized spacial score (nSPS) is 15.9.